The van der Waals surface area contributed by atoms with Crippen molar-refractivity contribution in [2.75, 3.05) is 19.3 Å². The number of hydrogen-bond acceptors (Lipinski definition) is 4. The van der Waals surface area contributed by atoms with Crippen molar-refractivity contribution in [2.45, 2.75) is 32.6 Å². The van der Waals surface area contributed by atoms with Gasteiger partial charge in [-0.1, -0.05) is 30.3 Å². The van der Waals surface area contributed by atoms with E-state index in [2.05, 4.69) is 12.1 Å². The summed E-state index contributed by atoms with van der Waals surface area (Å²) >= 11 is 0. The Labute approximate surface area is 159 Å². The summed E-state index contributed by atoms with van der Waals surface area (Å²) in [6.07, 6.45) is 2.50. The molecule has 124 valence electrons. The fourth-order valence-corrected chi connectivity index (χ4v) is 2.52. The minimum atomic E-state index is -4.27. The van der Waals surface area contributed by atoms with Crippen LogP contribution in [0.15, 0.2) is 30.3 Å². The van der Waals surface area contributed by atoms with E-state index in [-0.39, 0.29) is 54.6 Å². The third-order valence-electron chi connectivity index (χ3n) is 3.10. The van der Waals surface area contributed by atoms with Gasteiger partial charge in [-0.3, -0.25) is 9.63 Å². The molecular weight excluding hydrogens is 328 g/mol. The SMILES string of the molecule is CC(=O)N(CCCP(=O)([O-])O)OCCCCc1ccccc1.[Na+]. The first-order valence-electron chi connectivity index (χ1n) is 7.36. The molecule has 8 heteroatoms. The Bertz CT molecular complexity index is 494. The van der Waals surface area contributed by atoms with E-state index in [0.29, 0.717) is 6.61 Å². The number of rotatable bonds is 10. The van der Waals surface area contributed by atoms with Gasteiger partial charge in [-0.15, -0.1) is 0 Å². The third-order valence-corrected chi connectivity index (χ3v) is 3.98. The standard InChI is InChI=1S/C15H24NO5P.Na/c1-14(17)16(11-7-13-22(18,19)20)21-12-6-5-10-15-8-3-2-4-9-15;/h2-4,8-9H,5-7,10-13H2,1H3,(H2,18,19,20);/q;+1/p-1. The molecule has 0 spiro atoms. The van der Waals surface area contributed by atoms with Gasteiger partial charge in [0, 0.05) is 19.6 Å². The van der Waals surface area contributed by atoms with Crippen LogP contribution < -0.4 is 34.5 Å². The first-order valence-corrected chi connectivity index (χ1v) is 9.12. The van der Waals surface area contributed by atoms with Crippen molar-refractivity contribution in [1.82, 2.24) is 5.06 Å². The number of hydrogen-bond donors (Lipinski definition) is 1. The number of carbonyl (C=O) groups excluding carboxylic acids is 1. The number of aryl methyl sites for hydroxylation is 1. The van der Waals surface area contributed by atoms with Gasteiger partial charge in [0.25, 0.3) is 0 Å². The zero-order valence-corrected chi connectivity index (χ0v) is 16.7. The summed E-state index contributed by atoms with van der Waals surface area (Å²) in [4.78, 5) is 36.1. The molecule has 0 saturated carbocycles. The first-order chi connectivity index (χ1) is 10.4. The molecule has 0 aromatic heterocycles. The zero-order chi connectivity index (χ0) is 16.4. The average Bonchev–Trinajstić information content (AvgIpc) is 2.44. The Morgan fingerprint density at radius 3 is 2.48 bits per heavy atom. The fraction of sp³-hybridized carbons (Fsp3) is 0.533. The average molecular weight is 351 g/mol. The van der Waals surface area contributed by atoms with Crippen LogP contribution in [-0.2, 0) is 20.6 Å². The van der Waals surface area contributed by atoms with Crippen LogP contribution in [0, 0.1) is 0 Å². The maximum Gasteiger partial charge on any atom is 1.00 e. The Morgan fingerprint density at radius 1 is 1.26 bits per heavy atom. The number of hydroxylamine groups is 2. The summed E-state index contributed by atoms with van der Waals surface area (Å²) in [6, 6.07) is 10.1. The normalized spacial score (nSPS) is 13.0. The van der Waals surface area contributed by atoms with E-state index in [0.717, 1.165) is 24.3 Å². The second-order valence-electron chi connectivity index (χ2n) is 5.11. The van der Waals surface area contributed by atoms with E-state index in [4.69, 9.17) is 9.73 Å². The summed E-state index contributed by atoms with van der Waals surface area (Å²) in [6.45, 7) is 1.92. The molecule has 0 aliphatic heterocycles. The van der Waals surface area contributed by atoms with E-state index in [1.54, 1.807) is 0 Å². The van der Waals surface area contributed by atoms with Crippen LogP contribution in [0.5, 0.6) is 0 Å². The number of unbranched alkanes of at least 4 members (excludes halogenated alkanes) is 1. The van der Waals surface area contributed by atoms with Gasteiger partial charge in [0.2, 0.25) is 5.91 Å². The number of nitrogens with zero attached hydrogens (tertiary/aromatic N) is 1. The largest absolute Gasteiger partial charge is 1.00 e. The van der Waals surface area contributed by atoms with E-state index < -0.39 is 7.60 Å². The molecule has 1 N–H and O–H groups in total. The molecule has 1 amide bonds. The van der Waals surface area contributed by atoms with Gasteiger partial charge in [0.1, 0.15) is 7.60 Å². The van der Waals surface area contributed by atoms with Gasteiger partial charge in [0.05, 0.1) is 6.61 Å². The molecule has 1 atom stereocenters. The minimum Gasteiger partial charge on any atom is -0.779 e. The van der Waals surface area contributed by atoms with Crippen LogP contribution >= 0.6 is 7.60 Å². The molecular formula is C15H23NNaO5P. The van der Waals surface area contributed by atoms with Crippen LogP contribution in [0.3, 0.4) is 0 Å². The van der Waals surface area contributed by atoms with Gasteiger partial charge in [-0.25, -0.2) is 5.06 Å². The second kappa shape index (κ2) is 12.2. The summed E-state index contributed by atoms with van der Waals surface area (Å²) in [5, 5.41) is 1.15. The van der Waals surface area contributed by atoms with Crippen molar-refractivity contribution in [3.63, 3.8) is 0 Å². The van der Waals surface area contributed by atoms with Crippen LogP contribution in [0.25, 0.3) is 0 Å². The first kappa shape index (κ1) is 22.8. The fourth-order valence-electron chi connectivity index (χ4n) is 1.98. The maximum absolute atomic E-state index is 11.4. The zero-order valence-electron chi connectivity index (χ0n) is 13.8. The third kappa shape index (κ3) is 11.9. The summed E-state index contributed by atoms with van der Waals surface area (Å²) < 4.78 is 10.7. The Balaban J connectivity index is 0.00000484. The topological polar surface area (TPSA) is 89.9 Å². The van der Waals surface area contributed by atoms with Crippen molar-refractivity contribution < 1.29 is 53.5 Å². The molecule has 1 unspecified atom stereocenters. The molecule has 0 radical (unpaired) electrons. The summed E-state index contributed by atoms with van der Waals surface area (Å²) in [7, 11) is -4.27. The molecule has 0 bridgehead atoms. The monoisotopic (exact) mass is 351 g/mol. The van der Waals surface area contributed by atoms with E-state index in [1.165, 1.54) is 12.5 Å². The van der Waals surface area contributed by atoms with Crippen LogP contribution in [0.4, 0.5) is 0 Å². The van der Waals surface area contributed by atoms with Crippen LogP contribution in [0.1, 0.15) is 31.7 Å². The molecule has 1 aromatic rings. The molecule has 0 heterocycles. The minimum absolute atomic E-state index is 0. The van der Waals surface area contributed by atoms with Crippen molar-refractivity contribution in [2.24, 2.45) is 0 Å². The van der Waals surface area contributed by atoms with Gasteiger partial charge >= 0.3 is 29.6 Å². The van der Waals surface area contributed by atoms with Gasteiger partial charge in [0.15, 0.2) is 0 Å². The molecule has 0 saturated heterocycles. The Morgan fingerprint density at radius 2 is 1.91 bits per heavy atom. The smallest absolute Gasteiger partial charge is 0.779 e. The quantitative estimate of drug-likeness (QED) is 0.246. The molecule has 6 nitrogen and oxygen atoms in total. The Hall–Kier alpha value is -0.200. The van der Waals surface area contributed by atoms with Crippen LogP contribution in [0.2, 0.25) is 0 Å². The number of benzene rings is 1. The van der Waals surface area contributed by atoms with Crippen molar-refractivity contribution in [1.29, 1.82) is 0 Å². The van der Waals surface area contributed by atoms with Gasteiger partial charge < -0.3 is 14.4 Å². The number of amides is 1. The summed E-state index contributed by atoms with van der Waals surface area (Å²) in [5.74, 6) is -0.276. The molecule has 1 rings (SSSR count). The van der Waals surface area contributed by atoms with E-state index in [9.17, 15) is 14.3 Å². The predicted molar refractivity (Wildman–Crippen MR) is 82.0 cm³/mol. The van der Waals surface area contributed by atoms with E-state index >= 15 is 0 Å². The van der Waals surface area contributed by atoms with Crippen molar-refractivity contribution in [3.8, 4) is 0 Å². The Kier molecular flexibility index (Phi) is 12.1. The van der Waals surface area contributed by atoms with Gasteiger partial charge in [-0.05, 0) is 31.2 Å². The summed E-state index contributed by atoms with van der Waals surface area (Å²) in [5.41, 5.74) is 1.26. The molecule has 0 aliphatic carbocycles. The number of carbonyl (C=O) groups is 1. The molecule has 1 aromatic carbocycles. The van der Waals surface area contributed by atoms with Gasteiger partial charge in [-0.2, -0.15) is 0 Å². The molecule has 0 aliphatic rings. The van der Waals surface area contributed by atoms with Crippen molar-refractivity contribution >= 4 is 13.5 Å². The van der Waals surface area contributed by atoms with Crippen molar-refractivity contribution in [3.05, 3.63) is 35.9 Å². The van der Waals surface area contributed by atoms with E-state index in [1.807, 2.05) is 18.2 Å². The maximum atomic E-state index is 11.4. The second-order valence-corrected chi connectivity index (χ2v) is 6.83. The van der Waals surface area contributed by atoms with Crippen LogP contribution in [-0.4, -0.2) is 35.2 Å². The molecule has 23 heavy (non-hydrogen) atoms. The molecule has 0 fully saturated rings. The predicted octanol–water partition coefficient (Wildman–Crippen LogP) is -1.27.